The van der Waals surface area contributed by atoms with Gasteiger partial charge in [-0.3, -0.25) is 14.7 Å². The Morgan fingerprint density at radius 1 is 0.763 bits per heavy atom. The lowest BCUT2D eigenvalue weighted by atomic mass is 9.96. The zero-order valence-corrected chi connectivity index (χ0v) is 21.6. The second-order valence-electron chi connectivity index (χ2n) is 9.50. The zero-order chi connectivity index (χ0) is 25.9. The minimum absolute atomic E-state index is 0.00518. The summed E-state index contributed by atoms with van der Waals surface area (Å²) in [4.78, 5) is 27.3. The first kappa shape index (κ1) is 24.3. The van der Waals surface area contributed by atoms with Crippen molar-refractivity contribution in [2.24, 2.45) is 0 Å². The van der Waals surface area contributed by atoms with Crippen LogP contribution in [0.1, 0.15) is 27.5 Å². The molecule has 0 aliphatic carbocycles. The number of halogens is 1. The third-order valence-electron chi connectivity index (χ3n) is 7.17. The monoisotopic (exact) mass is 518 g/mol. The van der Waals surface area contributed by atoms with Crippen molar-refractivity contribution in [1.82, 2.24) is 19.8 Å². The second-order valence-corrected chi connectivity index (χ2v) is 9.94. The lowest BCUT2D eigenvalue weighted by Crippen LogP contribution is -2.49. The van der Waals surface area contributed by atoms with Crippen LogP contribution in [0.2, 0.25) is 5.02 Å². The van der Waals surface area contributed by atoms with Gasteiger partial charge in [0.1, 0.15) is 0 Å². The first-order valence-corrected chi connectivity index (χ1v) is 13.2. The molecule has 3 heterocycles. The number of hydrogen-bond donors (Lipinski definition) is 0. The number of amides is 1. The molecule has 0 spiro atoms. The van der Waals surface area contributed by atoms with Crippen LogP contribution in [0.25, 0.3) is 22.2 Å². The summed E-state index contributed by atoms with van der Waals surface area (Å²) in [6, 6.07) is 32.6. The van der Waals surface area contributed by atoms with Crippen molar-refractivity contribution in [3.63, 3.8) is 0 Å². The van der Waals surface area contributed by atoms with E-state index in [1.165, 1.54) is 11.1 Å². The number of fused-ring (bicyclic) bond motifs is 1. The van der Waals surface area contributed by atoms with E-state index in [2.05, 4.69) is 58.4 Å². The van der Waals surface area contributed by atoms with Crippen LogP contribution in [0.5, 0.6) is 0 Å². The quantitative estimate of drug-likeness (QED) is 0.266. The highest BCUT2D eigenvalue weighted by Gasteiger charge is 2.29. The van der Waals surface area contributed by atoms with E-state index in [4.69, 9.17) is 16.6 Å². The van der Waals surface area contributed by atoms with Gasteiger partial charge in [-0.1, -0.05) is 72.3 Å². The van der Waals surface area contributed by atoms with E-state index in [1.54, 1.807) is 12.4 Å². The molecule has 1 amide bonds. The molecule has 5 aromatic rings. The molecule has 5 nitrogen and oxygen atoms in total. The number of hydrogen-bond acceptors (Lipinski definition) is 4. The smallest absolute Gasteiger partial charge is 0.254 e. The van der Waals surface area contributed by atoms with Gasteiger partial charge in [0.2, 0.25) is 0 Å². The fraction of sp³-hybridized carbons (Fsp3) is 0.156. The number of benzene rings is 3. The van der Waals surface area contributed by atoms with Gasteiger partial charge in [0.15, 0.2) is 0 Å². The molecule has 1 saturated heterocycles. The fourth-order valence-electron chi connectivity index (χ4n) is 5.28. The number of piperazine rings is 1. The third kappa shape index (κ3) is 4.91. The summed E-state index contributed by atoms with van der Waals surface area (Å²) >= 11 is 6.34. The molecule has 3 aromatic carbocycles. The largest absolute Gasteiger partial charge is 0.336 e. The van der Waals surface area contributed by atoms with Gasteiger partial charge < -0.3 is 4.90 Å². The third-order valence-corrected chi connectivity index (χ3v) is 7.41. The van der Waals surface area contributed by atoms with Crippen molar-refractivity contribution in [1.29, 1.82) is 0 Å². The Morgan fingerprint density at radius 3 is 2.03 bits per heavy atom. The molecule has 6 heteroatoms. The summed E-state index contributed by atoms with van der Waals surface area (Å²) in [6.45, 7) is 2.84. The molecule has 188 valence electrons. The van der Waals surface area contributed by atoms with Crippen molar-refractivity contribution in [2.45, 2.75) is 6.04 Å². The minimum atomic E-state index is 0.00518. The first-order chi connectivity index (χ1) is 18.7. The molecule has 0 saturated carbocycles. The van der Waals surface area contributed by atoms with E-state index in [0.29, 0.717) is 23.7 Å². The predicted octanol–water partition coefficient (Wildman–Crippen LogP) is 6.50. The molecule has 2 aromatic heterocycles. The fourth-order valence-corrected chi connectivity index (χ4v) is 5.46. The van der Waals surface area contributed by atoms with Crippen LogP contribution in [0, 0.1) is 0 Å². The van der Waals surface area contributed by atoms with E-state index in [9.17, 15) is 4.79 Å². The van der Waals surface area contributed by atoms with Crippen LogP contribution < -0.4 is 0 Å². The maximum absolute atomic E-state index is 13.9. The molecule has 0 unspecified atom stereocenters. The van der Waals surface area contributed by atoms with Crippen molar-refractivity contribution in [3.05, 3.63) is 131 Å². The number of aromatic nitrogens is 2. The average molecular weight is 519 g/mol. The Labute approximate surface area is 227 Å². The lowest BCUT2D eigenvalue weighted by molar-refractivity contribution is 0.0599. The van der Waals surface area contributed by atoms with Crippen LogP contribution in [-0.4, -0.2) is 51.9 Å². The molecular formula is C32H27ClN4O. The van der Waals surface area contributed by atoms with Crippen molar-refractivity contribution in [2.75, 3.05) is 26.2 Å². The van der Waals surface area contributed by atoms with Crippen LogP contribution in [0.3, 0.4) is 0 Å². The van der Waals surface area contributed by atoms with Gasteiger partial charge in [-0.2, -0.15) is 0 Å². The summed E-state index contributed by atoms with van der Waals surface area (Å²) in [5.41, 5.74) is 5.56. The molecular weight excluding hydrogens is 492 g/mol. The molecule has 1 aliphatic heterocycles. The van der Waals surface area contributed by atoms with Crippen molar-refractivity contribution < 1.29 is 4.79 Å². The van der Waals surface area contributed by atoms with Gasteiger partial charge in [0.25, 0.3) is 5.91 Å². The Morgan fingerprint density at radius 2 is 1.39 bits per heavy atom. The minimum Gasteiger partial charge on any atom is -0.336 e. The SMILES string of the molecule is O=C(c1cc(-c2ccncc2)nc2ccc(Cl)cc12)N1CCN(C(c2ccccc2)c2ccccc2)CC1. The molecule has 0 radical (unpaired) electrons. The molecule has 1 aliphatic rings. The number of carbonyl (C=O) groups is 1. The average Bonchev–Trinajstić information content (AvgIpc) is 2.98. The molecule has 38 heavy (non-hydrogen) atoms. The number of pyridine rings is 2. The molecule has 1 fully saturated rings. The summed E-state index contributed by atoms with van der Waals surface area (Å²) in [6.07, 6.45) is 3.47. The van der Waals surface area contributed by atoms with E-state index in [0.717, 1.165) is 35.2 Å². The number of nitrogens with zero attached hydrogens (tertiary/aromatic N) is 4. The van der Waals surface area contributed by atoms with Crippen LogP contribution in [-0.2, 0) is 0 Å². The Kier molecular flexibility index (Phi) is 6.86. The zero-order valence-electron chi connectivity index (χ0n) is 20.9. The van der Waals surface area contributed by atoms with Crippen molar-refractivity contribution in [3.8, 4) is 11.3 Å². The van der Waals surface area contributed by atoms with E-state index >= 15 is 0 Å². The summed E-state index contributed by atoms with van der Waals surface area (Å²) in [5.74, 6) is 0.00518. The second kappa shape index (κ2) is 10.7. The highest BCUT2D eigenvalue weighted by molar-refractivity contribution is 6.31. The molecule has 0 bridgehead atoms. The number of carbonyl (C=O) groups excluding carboxylic acids is 1. The number of rotatable bonds is 5. The van der Waals surface area contributed by atoms with Crippen LogP contribution >= 0.6 is 11.6 Å². The maximum Gasteiger partial charge on any atom is 0.254 e. The van der Waals surface area contributed by atoms with Crippen LogP contribution in [0.4, 0.5) is 0 Å². The summed E-state index contributed by atoms with van der Waals surface area (Å²) in [7, 11) is 0. The van der Waals surface area contributed by atoms with Gasteiger partial charge >= 0.3 is 0 Å². The highest BCUT2D eigenvalue weighted by Crippen LogP contribution is 2.31. The van der Waals surface area contributed by atoms with Gasteiger partial charge in [-0.25, -0.2) is 4.98 Å². The van der Waals surface area contributed by atoms with E-state index < -0.39 is 0 Å². The van der Waals surface area contributed by atoms with Crippen molar-refractivity contribution >= 4 is 28.4 Å². The van der Waals surface area contributed by atoms with E-state index in [1.807, 2.05) is 53.4 Å². The lowest BCUT2D eigenvalue weighted by Gasteiger charge is -2.40. The van der Waals surface area contributed by atoms with E-state index in [-0.39, 0.29) is 11.9 Å². The molecule has 0 atom stereocenters. The van der Waals surface area contributed by atoms with Gasteiger partial charge in [0, 0.05) is 54.5 Å². The van der Waals surface area contributed by atoms with Gasteiger partial charge in [0.05, 0.1) is 22.8 Å². The normalized spacial score (nSPS) is 14.2. The van der Waals surface area contributed by atoms with Crippen LogP contribution in [0.15, 0.2) is 109 Å². The molecule has 6 rings (SSSR count). The predicted molar refractivity (Wildman–Crippen MR) is 152 cm³/mol. The Hall–Kier alpha value is -4.06. The van der Waals surface area contributed by atoms with Gasteiger partial charge in [-0.15, -0.1) is 0 Å². The molecule has 0 N–H and O–H groups in total. The standard InChI is InChI=1S/C32H27ClN4O/c33-26-11-12-29-27(21-26)28(22-30(35-29)23-13-15-34-16-14-23)32(38)37-19-17-36(18-20-37)31(24-7-3-1-4-8-24)25-9-5-2-6-10-25/h1-16,21-22,31H,17-20H2. The summed E-state index contributed by atoms with van der Waals surface area (Å²) < 4.78 is 0. The Balaban J connectivity index is 1.29. The maximum atomic E-state index is 13.9. The topological polar surface area (TPSA) is 49.3 Å². The summed E-state index contributed by atoms with van der Waals surface area (Å²) in [5, 5.41) is 1.36. The first-order valence-electron chi connectivity index (χ1n) is 12.8. The van der Waals surface area contributed by atoms with Gasteiger partial charge in [-0.05, 0) is 47.5 Å². The Bertz CT molecular complexity index is 1510. The highest BCUT2D eigenvalue weighted by atomic mass is 35.5.